The number of nitrogens with one attached hydrogen (secondary N) is 1. The van der Waals surface area contributed by atoms with Gasteiger partial charge in [-0.15, -0.1) is 0 Å². The van der Waals surface area contributed by atoms with E-state index in [2.05, 4.69) is 29.6 Å². The molecule has 1 N–H and O–H groups in total. The van der Waals surface area contributed by atoms with E-state index in [-0.39, 0.29) is 17.9 Å². The predicted octanol–water partition coefficient (Wildman–Crippen LogP) is 4.38. The fourth-order valence-electron chi connectivity index (χ4n) is 3.67. The minimum atomic E-state index is -0.0190. The first kappa shape index (κ1) is 19.4. The Bertz CT molecular complexity index is 944. The number of carbonyl (C=O) groups excluding carboxylic acids is 2. The van der Waals surface area contributed by atoms with Crippen molar-refractivity contribution in [2.45, 2.75) is 25.3 Å². The van der Waals surface area contributed by atoms with E-state index in [1.54, 1.807) is 0 Å². The number of amides is 2. The number of rotatable bonds is 5. The Morgan fingerprint density at radius 3 is 2.28 bits per heavy atom. The highest BCUT2D eigenvalue weighted by Gasteiger charge is 2.24. The number of nitrogens with zero attached hydrogens (tertiary/aromatic N) is 1. The van der Waals surface area contributed by atoms with E-state index in [1.807, 2.05) is 52.1 Å². The molecule has 0 spiro atoms. The van der Waals surface area contributed by atoms with Crippen molar-refractivity contribution in [2.75, 3.05) is 13.1 Å². The van der Waals surface area contributed by atoms with Crippen LogP contribution in [0.25, 0.3) is 11.1 Å². The molecule has 4 rings (SSSR count). The summed E-state index contributed by atoms with van der Waals surface area (Å²) < 4.78 is 0. The molecule has 2 aromatic carbocycles. The second-order valence-electron chi connectivity index (χ2n) is 7.38. The van der Waals surface area contributed by atoms with E-state index < -0.39 is 0 Å². The minimum absolute atomic E-state index is 0.0190. The molecule has 0 atom stereocenters. The molecule has 0 radical (unpaired) electrons. The summed E-state index contributed by atoms with van der Waals surface area (Å²) in [6.45, 7) is 1.38. The Kier molecular flexibility index (Phi) is 6.06. The summed E-state index contributed by atoms with van der Waals surface area (Å²) in [5.74, 6) is 0.134. The number of benzene rings is 2. The van der Waals surface area contributed by atoms with E-state index in [0.29, 0.717) is 25.1 Å². The second-order valence-corrected chi connectivity index (χ2v) is 8.16. The SMILES string of the molecule is O=C(NC1CCN(C(=O)Cc2ccc(-c3ccccc3)cc2)CC1)c1ccsc1. The highest BCUT2D eigenvalue weighted by Crippen LogP contribution is 2.20. The number of carbonyl (C=O) groups is 2. The molecule has 2 amide bonds. The second kappa shape index (κ2) is 9.05. The lowest BCUT2D eigenvalue weighted by Crippen LogP contribution is -2.46. The van der Waals surface area contributed by atoms with Gasteiger partial charge in [0.1, 0.15) is 0 Å². The molecule has 29 heavy (non-hydrogen) atoms. The van der Waals surface area contributed by atoms with Gasteiger partial charge in [-0.3, -0.25) is 9.59 Å². The number of likely N-dealkylation sites (tertiary alicyclic amines) is 1. The molecule has 4 nitrogen and oxygen atoms in total. The Labute approximate surface area is 175 Å². The van der Waals surface area contributed by atoms with Gasteiger partial charge in [-0.05, 0) is 41.0 Å². The van der Waals surface area contributed by atoms with E-state index in [4.69, 9.17) is 0 Å². The van der Waals surface area contributed by atoms with Crippen LogP contribution in [0, 0.1) is 0 Å². The molecule has 0 unspecified atom stereocenters. The van der Waals surface area contributed by atoms with Crippen LogP contribution in [0.4, 0.5) is 0 Å². The molecular weight excluding hydrogens is 380 g/mol. The average Bonchev–Trinajstić information content (AvgIpc) is 3.31. The predicted molar refractivity (Wildman–Crippen MR) is 117 cm³/mol. The maximum absolute atomic E-state index is 12.7. The third-order valence-electron chi connectivity index (χ3n) is 5.38. The summed E-state index contributed by atoms with van der Waals surface area (Å²) in [5, 5.41) is 6.85. The van der Waals surface area contributed by atoms with Gasteiger partial charge in [0, 0.05) is 30.1 Å². The van der Waals surface area contributed by atoms with Crippen LogP contribution in [-0.2, 0) is 11.2 Å². The van der Waals surface area contributed by atoms with Crippen LogP contribution in [-0.4, -0.2) is 35.8 Å². The van der Waals surface area contributed by atoms with E-state index in [9.17, 15) is 9.59 Å². The number of thiophene rings is 1. The van der Waals surface area contributed by atoms with Crippen molar-refractivity contribution < 1.29 is 9.59 Å². The van der Waals surface area contributed by atoms with Crippen LogP contribution in [0.15, 0.2) is 71.4 Å². The molecule has 0 aliphatic carbocycles. The lowest BCUT2D eigenvalue weighted by molar-refractivity contribution is -0.131. The Balaban J connectivity index is 1.27. The van der Waals surface area contributed by atoms with Crippen molar-refractivity contribution in [1.82, 2.24) is 10.2 Å². The summed E-state index contributed by atoms with van der Waals surface area (Å²) >= 11 is 1.52. The zero-order valence-corrected chi connectivity index (χ0v) is 17.0. The molecule has 5 heteroatoms. The van der Waals surface area contributed by atoms with Crippen LogP contribution in [0.5, 0.6) is 0 Å². The molecule has 1 aliphatic rings. The van der Waals surface area contributed by atoms with Crippen LogP contribution < -0.4 is 5.32 Å². The molecule has 0 saturated carbocycles. The fourth-order valence-corrected chi connectivity index (χ4v) is 4.30. The zero-order chi connectivity index (χ0) is 20.1. The Hall–Kier alpha value is -2.92. The van der Waals surface area contributed by atoms with Gasteiger partial charge >= 0.3 is 0 Å². The van der Waals surface area contributed by atoms with Gasteiger partial charge in [0.15, 0.2) is 0 Å². The molecule has 1 aliphatic heterocycles. The van der Waals surface area contributed by atoms with Crippen molar-refractivity contribution in [2.24, 2.45) is 0 Å². The largest absolute Gasteiger partial charge is 0.349 e. The highest BCUT2D eigenvalue weighted by molar-refractivity contribution is 7.08. The quantitative estimate of drug-likeness (QED) is 0.686. The highest BCUT2D eigenvalue weighted by atomic mass is 32.1. The smallest absolute Gasteiger partial charge is 0.252 e. The van der Waals surface area contributed by atoms with Gasteiger partial charge in [-0.25, -0.2) is 0 Å². The summed E-state index contributed by atoms with van der Waals surface area (Å²) in [5.41, 5.74) is 4.08. The zero-order valence-electron chi connectivity index (χ0n) is 16.2. The van der Waals surface area contributed by atoms with E-state index in [1.165, 1.54) is 16.9 Å². The third kappa shape index (κ3) is 4.93. The van der Waals surface area contributed by atoms with E-state index >= 15 is 0 Å². The van der Waals surface area contributed by atoms with Gasteiger partial charge in [0.25, 0.3) is 5.91 Å². The normalized spacial score (nSPS) is 14.6. The van der Waals surface area contributed by atoms with Crippen LogP contribution in [0.1, 0.15) is 28.8 Å². The van der Waals surface area contributed by atoms with Crippen molar-refractivity contribution in [3.8, 4) is 11.1 Å². The number of piperidine rings is 1. The van der Waals surface area contributed by atoms with E-state index in [0.717, 1.165) is 24.0 Å². The average molecular weight is 405 g/mol. The van der Waals surface area contributed by atoms with Gasteiger partial charge in [0.2, 0.25) is 5.91 Å². The van der Waals surface area contributed by atoms with Gasteiger partial charge in [-0.1, -0.05) is 54.6 Å². The maximum Gasteiger partial charge on any atom is 0.252 e. The van der Waals surface area contributed by atoms with Gasteiger partial charge < -0.3 is 10.2 Å². The Morgan fingerprint density at radius 2 is 1.62 bits per heavy atom. The number of hydrogen-bond acceptors (Lipinski definition) is 3. The summed E-state index contributed by atoms with van der Waals surface area (Å²) in [4.78, 5) is 26.8. The van der Waals surface area contributed by atoms with Crippen molar-refractivity contribution in [3.05, 3.63) is 82.6 Å². The molecule has 0 bridgehead atoms. The molecule has 1 fully saturated rings. The molecule has 148 valence electrons. The Morgan fingerprint density at radius 1 is 0.931 bits per heavy atom. The molecular formula is C24H24N2O2S. The minimum Gasteiger partial charge on any atom is -0.349 e. The van der Waals surface area contributed by atoms with Crippen molar-refractivity contribution in [3.63, 3.8) is 0 Å². The summed E-state index contributed by atoms with van der Waals surface area (Å²) in [6.07, 6.45) is 2.02. The van der Waals surface area contributed by atoms with Crippen LogP contribution >= 0.6 is 11.3 Å². The first-order valence-corrected chi connectivity index (χ1v) is 10.9. The van der Waals surface area contributed by atoms with Crippen molar-refractivity contribution in [1.29, 1.82) is 0 Å². The lowest BCUT2D eigenvalue weighted by atomic mass is 10.0. The fraction of sp³-hybridized carbons (Fsp3) is 0.250. The molecule has 3 aromatic rings. The lowest BCUT2D eigenvalue weighted by Gasteiger charge is -2.32. The third-order valence-corrected chi connectivity index (χ3v) is 6.07. The van der Waals surface area contributed by atoms with Crippen LogP contribution in [0.3, 0.4) is 0 Å². The standard InChI is InChI=1S/C24H24N2O2S/c27-23(16-18-6-8-20(9-7-18)19-4-2-1-3-5-19)26-13-10-22(11-14-26)25-24(28)21-12-15-29-17-21/h1-9,12,15,17,22H,10-11,13-14,16H2,(H,25,28). The molecule has 2 heterocycles. The molecule has 1 saturated heterocycles. The van der Waals surface area contributed by atoms with Gasteiger partial charge in [0.05, 0.1) is 6.42 Å². The summed E-state index contributed by atoms with van der Waals surface area (Å²) in [7, 11) is 0. The maximum atomic E-state index is 12.7. The van der Waals surface area contributed by atoms with Gasteiger partial charge in [-0.2, -0.15) is 11.3 Å². The first-order valence-electron chi connectivity index (χ1n) is 9.94. The van der Waals surface area contributed by atoms with Crippen molar-refractivity contribution >= 4 is 23.2 Å². The van der Waals surface area contributed by atoms with Crippen LogP contribution in [0.2, 0.25) is 0 Å². The number of hydrogen-bond donors (Lipinski definition) is 1. The molecule has 1 aromatic heterocycles. The topological polar surface area (TPSA) is 49.4 Å². The first-order chi connectivity index (χ1) is 14.2. The summed E-state index contributed by atoms with van der Waals surface area (Å²) in [6, 6.07) is 20.4. The monoisotopic (exact) mass is 404 g/mol.